The van der Waals surface area contributed by atoms with Crippen LogP contribution in [0.15, 0.2) is 73.3 Å². The van der Waals surface area contributed by atoms with Crippen LogP contribution >= 0.6 is 0 Å². The van der Waals surface area contributed by atoms with Gasteiger partial charge in [-0.05, 0) is 30.7 Å². The van der Waals surface area contributed by atoms with E-state index in [0.29, 0.717) is 0 Å². The molecule has 134 valence electrons. The Kier molecular flexibility index (Phi) is 8.27. The van der Waals surface area contributed by atoms with Crippen molar-refractivity contribution < 1.29 is 5.11 Å². The number of para-hydroxylation sites is 2. The van der Waals surface area contributed by atoms with Crippen LogP contribution in [-0.2, 0) is 0 Å². The number of rotatable bonds is 11. The standard InChI is InChI=1S/C23H31NO/c1-3-5-6-7-14-19-23(25)22(4-2)24(20-15-10-8-11-16-20)21-17-12-9-13-18-21/h4,8-13,15-18,22-23,25H,2-3,5-7,14,19H2,1H3/t22-,23+/m0/s1. The first-order valence-corrected chi connectivity index (χ1v) is 9.48. The number of benzene rings is 2. The molecule has 2 nitrogen and oxygen atoms in total. The third-order valence-corrected chi connectivity index (χ3v) is 4.61. The predicted octanol–water partition coefficient (Wildman–Crippen LogP) is 6.10. The van der Waals surface area contributed by atoms with Gasteiger partial charge < -0.3 is 10.0 Å². The van der Waals surface area contributed by atoms with Gasteiger partial charge >= 0.3 is 0 Å². The van der Waals surface area contributed by atoms with Gasteiger partial charge in [-0.25, -0.2) is 0 Å². The summed E-state index contributed by atoms with van der Waals surface area (Å²) in [5.41, 5.74) is 2.15. The first-order chi connectivity index (χ1) is 12.3. The molecule has 0 saturated carbocycles. The summed E-state index contributed by atoms with van der Waals surface area (Å²) in [7, 11) is 0. The predicted molar refractivity (Wildman–Crippen MR) is 108 cm³/mol. The average Bonchev–Trinajstić information content (AvgIpc) is 2.67. The molecule has 0 aliphatic heterocycles. The largest absolute Gasteiger partial charge is 0.391 e. The average molecular weight is 338 g/mol. The fourth-order valence-electron chi connectivity index (χ4n) is 3.23. The number of anilines is 2. The summed E-state index contributed by atoms with van der Waals surface area (Å²) in [4.78, 5) is 2.18. The SMILES string of the molecule is C=C[C@@H]([C@H](O)CCCCCCC)N(c1ccccc1)c1ccccc1. The van der Waals surface area contributed by atoms with Gasteiger partial charge in [-0.2, -0.15) is 0 Å². The van der Waals surface area contributed by atoms with Crippen LogP contribution in [0.3, 0.4) is 0 Å². The summed E-state index contributed by atoms with van der Waals surface area (Å²) in [5, 5.41) is 10.8. The number of nitrogens with zero attached hydrogens (tertiary/aromatic N) is 1. The number of aliphatic hydroxyl groups is 1. The zero-order valence-electron chi connectivity index (χ0n) is 15.3. The third kappa shape index (κ3) is 5.75. The topological polar surface area (TPSA) is 23.5 Å². The highest BCUT2D eigenvalue weighted by atomic mass is 16.3. The summed E-state index contributed by atoms with van der Waals surface area (Å²) in [6, 6.07) is 20.3. The number of hydrogen-bond donors (Lipinski definition) is 1. The lowest BCUT2D eigenvalue weighted by Gasteiger charge is -2.35. The minimum atomic E-state index is -0.431. The molecule has 0 heterocycles. The maximum absolute atomic E-state index is 10.8. The summed E-state index contributed by atoms with van der Waals surface area (Å²) < 4.78 is 0. The summed E-state index contributed by atoms with van der Waals surface area (Å²) in [6.07, 6.45) is 8.26. The van der Waals surface area contributed by atoms with Gasteiger partial charge in [0, 0.05) is 11.4 Å². The van der Waals surface area contributed by atoms with E-state index in [-0.39, 0.29) is 6.04 Å². The number of hydrogen-bond acceptors (Lipinski definition) is 2. The van der Waals surface area contributed by atoms with Crippen LogP contribution in [-0.4, -0.2) is 17.3 Å². The van der Waals surface area contributed by atoms with E-state index in [2.05, 4.69) is 42.7 Å². The molecule has 1 N–H and O–H groups in total. The number of aliphatic hydroxyl groups excluding tert-OH is 1. The molecule has 2 aromatic carbocycles. The molecule has 0 bridgehead atoms. The Bertz CT molecular complexity index is 557. The van der Waals surface area contributed by atoms with E-state index in [1.165, 1.54) is 25.7 Å². The van der Waals surface area contributed by atoms with E-state index in [9.17, 15) is 5.11 Å². The minimum absolute atomic E-state index is 0.143. The molecular weight excluding hydrogens is 306 g/mol. The normalized spacial score (nSPS) is 13.2. The van der Waals surface area contributed by atoms with Gasteiger partial charge in [-0.15, -0.1) is 6.58 Å². The maximum atomic E-state index is 10.8. The molecule has 2 heteroatoms. The Hall–Kier alpha value is -2.06. The third-order valence-electron chi connectivity index (χ3n) is 4.61. The van der Waals surface area contributed by atoms with E-state index in [1.54, 1.807) is 0 Å². The lowest BCUT2D eigenvalue weighted by molar-refractivity contribution is 0.146. The first kappa shape index (κ1) is 19.3. The molecule has 0 radical (unpaired) electrons. The van der Waals surface area contributed by atoms with Gasteiger partial charge in [-0.3, -0.25) is 0 Å². The molecule has 2 atom stereocenters. The van der Waals surface area contributed by atoms with Crippen molar-refractivity contribution >= 4 is 11.4 Å². The second kappa shape index (κ2) is 10.7. The highest BCUT2D eigenvalue weighted by molar-refractivity contribution is 5.65. The molecule has 0 spiro atoms. The Labute approximate surface area is 152 Å². The van der Waals surface area contributed by atoms with E-state index < -0.39 is 6.10 Å². The van der Waals surface area contributed by atoms with Gasteiger partial charge in [0.1, 0.15) is 0 Å². The second-order valence-electron chi connectivity index (χ2n) is 6.54. The fraction of sp³-hybridized carbons (Fsp3) is 0.391. The van der Waals surface area contributed by atoms with Gasteiger partial charge in [-0.1, -0.05) is 81.5 Å². The molecule has 0 aliphatic rings. The molecule has 0 aromatic heterocycles. The van der Waals surface area contributed by atoms with Crippen molar-refractivity contribution in [3.05, 3.63) is 73.3 Å². The number of unbranched alkanes of at least 4 members (excludes halogenated alkanes) is 4. The molecule has 0 fully saturated rings. The lowest BCUT2D eigenvalue weighted by Crippen LogP contribution is -2.39. The van der Waals surface area contributed by atoms with Crippen LogP contribution in [0.5, 0.6) is 0 Å². The Morgan fingerprint density at radius 2 is 1.40 bits per heavy atom. The smallest absolute Gasteiger partial charge is 0.0783 e. The van der Waals surface area contributed by atoms with Crippen LogP contribution in [0.25, 0.3) is 0 Å². The fourth-order valence-corrected chi connectivity index (χ4v) is 3.23. The summed E-state index contributed by atoms with van der Waals surface area (Å²) in [6.45, 7) is 6.23. The quantitative estimate of drug-likeness (QED) is 0.395. The van der Waals surface area contributed by atoms with E-state index in [4.69, 9.17) is 0 Å². The summed E-state index contributed by atoms with van der Waals surface area (Å²) >= 11 is 0. The second-order valence-corrected chi connectivity index (χ2v) is 6.54. The van der Waals surface area contributed by atoms with Crippen molar-refractivity contribution in [3.8, 4) is 0 Å². The van der Waals surface area contributed by atoms with E-state index in [0.717, 1.165) is 24.2 Å². The van der Waals surface area contributed by atoms with Crippen LogP contribution < -0.4 is 4.90 Å². The molecular formula is C23H31NO. The minimum Gasteiger partial charge on any atom is -0.391 e. The van der Waals surface area contributed by atoms with Crippen LogP contribution in [0.2, 0.25) is 0 Å². The highest BCUT2D eigenvalue weighted by Gasteiger charge is 2.24. The maximum Gasteiger partial charge on any atom is 0.0783 e. The highest BCUT2D eigenvalue weighted by Crippen LogP contribution is 2.30. The van der Waals surface area contributed by atoms with Gasteiger partial charge in [0.15, 0.2) is 0 Å². The van der Waals surface area contributed by atoms with Crippen molar-refractivity contribution in [2.45, 2.75) is 57.6 Å². The zero-order chi connectivity index (χ0) is 17.9. The van der Waals surface area contributed by atoms with E-state index in [1.807, 2.05) is 42.5 Å². The Morgan fingerprint density at radius 3 is 1.88 bits per heavy atom. The molecule has 0 saturated heterocycles. The van der Waals surface area contributed by atoms with Crippen LogP contribution in [0.4, 0.5) is 11.4 Å². The molecule has 0 amide bonds. The monoisotopic (exact) mass is 337 g/mol. The van der Waals surface area contributed by atoms with Crippen molar-refractivity contribution in [2.24, 2.45) is 0 Å². The molecule has 2 rings (SSSR count). The van der Waals surface area contributed by atoms with E-state index >= 15 is 0 Å². The first-order valence-electron chi connectivity index (χ1n) is 9.48. The summed E-state index contributed by atoms with van der Waals surface area (Å²) in [5.74, 6) is 0. The van der Waals surface area contributed by atoms with Crippen molar-refractivity contribution in [3.63, 3.8) is 0 Å². The zero-order valence-corrected chi connectivity index (χ0v) is 15.3. The molecule has 0 unspecified atom stereocenters. The van der Waals surface area contributed by atoms with Gasteiger partial charge in [0.05, 0.1) is 12.1 Å². The van der Waals surface area contributed by atoms with Crippen LogP contribution in [0.1, 0.15) is 45.4 Å². The Morgan fingerprint density at radius 1 is 0.880 bits per heavy atom. The Balaban J connectivity index is 2.15. The van der Waals surface area contributed by atoms with Crippen molar-refractivity contribution in [1.82, 2.24) is 0 Å². The van der Waals surface area contributed by atoms with Crippen molar-refractivity contribution in [1.29, 1.82) is 0 Å². The van der Waals surface area contributed by atoms with Gasteiger partial charge in [0.25, 0.3) is 0 Å². The van der Waals surface area contributed by atoms with Crippen LogP contribution in [0, 0.1) is 0 Å². The molecule has 25 heavy (non-hydrogen) atoms. The molecule has 0 aliphatic carbocycles. The van der Waals surface area contributed by atoms with Gasteiger partial charge in [0.2, 0.25) is 0 Å². The molecule has 2 aromatic rings. The van der Waals surface area contributed by atoms with Crippen molar-refractivity contribution in [2.75, 3.05) is 4.90 Å². The lowest BCUT2D eigenvalue weighted by atomic mass is 10.00.